The van der Waals surface area contributed by atoms with Crippen LogP contribution in [0.1, 0.15) is 22.3 Å². The number of hydrogen-bond acceptors (Lipinski definition) is 2. The standard InChI is InChI=1S/C16H15NO/c18-9-14-13-4-2-1-3-11(13)5-6-15(14)16-7-12(16)8-17-10-16/h1-6,9,12,17H,7-8,10H2. The van der Waals surface area contributed by atoms with Crippen LogP contribution in [0.3, 0.4) is 0 Å². The molecule has 2 aromatic rings. The average molecular weight is 237 g/mol. The third kappa shape index (κ3) is 1.19. The van der Waals surface area contributed by atoms with E-state index < -0.39 is 0 Å². The van der Waals surface area contributed by atoms with E-state index in [0.717, 1.165) is 41.6 Å². The van der Waals surface area contributed by atoms with Gasteiger partial charge in [-0.1, -0.05) is 36.4 Å². The smallest absolute Gasteiger partial charge is 0.150 e. The number of nitrogens with one attached hydrogen (secondary N) is 1. The van der Waals surface area contributed by atoms with Gasteiger partial charge in [-0.25, -0.2) is 0 Å². The molecule has 0 aromatic heterocycles. The second-order valence-electron chi connectivity index (χ2n) is 5.55. The molecular formula is C16H15NO. The van der Waals surface area contributed by atoms with Crippen molar-refractivity contribution in [3.63, 3.8) is 0 Å². The molecular weight excluding hydrogens is 222 g/mol. The van der Waals surface area contributed by atoms with Gasteiger partial charge in [0.15, 0.2) is 6.29 Å². The Hall–Kier alpha value is -1.67. The molecule has 2 aromatic carbocycles. The van der Waals surface area contributed by atoms with E-state index in [-0.39, 0.29) is 5.41 Å². The molecule has 2 atom stereocenters. The van der Waals surface area contributed by atoms with E-state index in [1.165, 1.54) is 12.0 Å². The summed E-state index contributed by atoms with van der Waals surface area (Å²) >= 11 is 0. The summed E-state index contributed by atoms with van der Waals surface area (Å²) in [6, 6.07) is 12.5. The van der Waals surface area contributed by atoms with Gasteiger partial charge in [-0.15, -0.1) is 0 Å². The van der Waals surface area contributed by atoms with Gasteiger partial charge in [-0.3, -0.25) is 4.79 Å². The number of aldehydes is 1. The number of carbonyl (C=O) groups is 1. The number of carbonyl (C=O) groups excluding carboxylic acids is 1. The molecule has 0 spiro atoms. The van der Waals surface area contributed by atoms with Crippen molar-refractivity contribution in [3.8, 4) is 0 Å². The molecule has 1 aliphatic heterocycles. The predicted molar refractivity (Wildman–Crippen MR) is 72.0 cm³/mol. The minimum Gasteiger partial charge on any atom is -0.316 e. The summed E-state index contributed by atoms with van der Waals surface area (Å²) in [7, 11) is 0. The number of piperidine rings is 1. The highest BCUT2D eigenvalue weighted by molar-refractivity contribution is 6.00. The maximum Gasteiger partial charge on any atom is 0.150 e. The first-order valence-electron chi connectivity index (χ1n) is 6.53. The summed E-state index contributed by atoms with van der Waals surface area (Å²) in [5, 5.41) is 5.69. The quantitative estimate of drug-likeness (QED) is 0.813. The molecule has 1 N–H and O–H groups in total. The summed E-state index contributed by atoms with van der Waals surface area (Å²) in [4.78, 5) is 11.5. The lowest BCUT2D eigenvalue weighted by Crippen LogP contribution is -2.20. The molecule has 0 radical (unpaired) electrons. The highest BCUT2D eigenvalue weighted by Gasteiger charge is 2.58. The summed E-state index contributed by atoms with van der Waals surface area (Å²) < 4.78 is 0. The predicted octanol–water partition coefficient (Wildman–Crippen LogP) is 2.51. The largest absolute Gasteiger partial charge is 0.316 e. The number of fused-ring (bicyclic) bond motifs is 2. The Morgan fingerprint density at radius 1 is 1.22 bits per heavy atom. The molecule has 1 saturated heterocycles. The fraction of sp³-hybridized carbons (Fsp3) is 0.312. The maximum atomic E-state index is 11.5. The Bertz CT molecular complexity index is 649. The molecule has 2 fully saturated rings. The zero-order valence-corrected chi connectivity index (χ0v) is 10.1. The van der Waals surface area contributed by atoms with E-state index in [2.05, 4.69) is 29.6 Å². The van der Waals surface area contributed by atoms with Gasteiger partial charge in [0.05, 0.1) is 0 Å². The first-order chi connectivity index (χ1) is 8.85. The van der Waals surface area contributed by atoms with Gasteiger partial charge in [0.2, 0.25) is 0 Å². The highest BCUT2D eigenvalue weighted by atomic mass is 16.1. The average Bonchev–Trinajstić information content (AvgIpc) is 2.99. The van der Waals surface area contributed by atoms with E-state index >= 15 is 0 Å². The van der Waals surface area contributed by atoms with Crippen LogP contribution in [-0.4, -0.2) is 19.4 Å². The normalized spacial score (nSPS) is 29.2. The first-order valence-corrected chi connectivity index (χ1v) is 6.53. The number of rotatable bonds is 2. The molecule has 2 unspecified atom stereocenters. The molecule has 0 amide bonds. The Morgan fingerprint density at radius 2 is 2.11 bits per heavy atom. The van der Waals surface area contributed by atoms with Crippen LogP contribution >= 0.6 is 0 Å². The Morgan fingerprint density at radius 3 is 2.83 bits per heavy atom. The van der Waals surface area contributed by atoms with E-state index in [1.807, 2.05) is 12.1 Å². The lowest BCUT2D eigenvalue weighted by atomic mass is 9.88. The Balaban J connectivity index is 1.99. The van der Waals surface area contributed by atoms with Crippen molar-refractivity contribution in [3.05, 3.63) is 47.5 Å². The molecule has 0 bridgehead atoms. The van der Waals surface area contributed by atoms with Crippen LogP contribution in [-0.2, 0) is 5.41 Å². The topological polar surface area (TPSA) is 29.1 Å². The molecule has 1 saturated carbocycles. The van der Waals surface area contributed by atoms with Crippen molar-refractivity contribution in [1.82, 2.24) is 5.32 Å². The Labute approximate surface area is 106 Å². The molecule has 1 aliphatic carbocycles. The van der Waals surface area contributed by atoms with Gasteiger partial charge in [-0.05, 0) is 35.2 Å². The molecule has 2 heteroatoms. The molecule has 4 rings (SSSR count). The zero-order valence-electron chi connectivity index (χ0n) is 10.1. The molecule has 2 nitrogen and oxygen atoms in total. The lowest BCUT2D eigenvalue weighted by Gasteiger charge is -2.16. The number of benzene rings is 2. The van der Waals surface area contributed by atoms with Crippen molar-refractivity contribution < 1.29 is 4.79 Å². The zero-order chi connectivity index (χ0) is 12.2. The minimum absolute atomic E-state index is 0.250. The summed E-state index contributed by atoms with van der Waals surface area (Å²) in [6.07, 6.45) is 2.28. The fourth-order valence-corrected chi connectivity index (χ4v) is 3.62. The third-order valence-electron chi connectivity index (χ3n) is 4.69. The second kappa shape index (κ2) is 3.42. The van der Waals surface area contributed by atoms with Crippen LogP contribution in [0, 0.1) is 5.92 Å². The third-order valence-corrected chi connectivity index (χ3v) is 4.69. The summed E-state index contributed by atoms with van der Waals surface area (Å²) in [5.41, 5.74) is 2.41. The van der Waals surface area contributed by atoms with Gasteiger partial charge in [0.25, 0.3) is 0 Å². The van der Waals surface area contributed by atoms with Gasteiger partial charge < -0.3 is 5.32 Å². The van der Waals surface area contributed by atoms with E-state index in [1.54, 1.807) is 0 Å². The fourth-order valence-electron chi connectivity index (χ4n) is 3.62. The SMILES string of the molecule is O=Cc1c(C23CNCC2C3)ccc2ccccc12. The minimum atomic E-state index is 0.250. The van der Waals surface area contributed by atoms with Crippen molar-refractivity contribution in [2.45, 2.75) is 11.8 Å². The second-order valence-corrected chi connectivity index (χ2v) is 5.55. The molecule has 1 heterocycles. The summed E-state index contributed by atoms with van der Waals surface area (Å²) in [6.45, 7) is 2.13. The van der Waals surface area contributed by atoms with Crippen molar-refractivity contribution >= 4 is 17.1 Å². The van der Waals surface area contributed by atoms with Crippen LogP contribution in [0.5, 0.6) is 0 Å². The van der Waals surface area contributed by atoms with Gasteiger partial charge in [0.1, 0.15) is 0 Å². The Kier molecular flexibility index (Phi) is 1.95. The molecule has 90 valence electrons. The van der Waals surface area contributed by atoms with E-state index in [4.69, 9.17) is 0 Å². The lowest BCUT2D eigenvalue weighted by molar-refractivity contribution is 0.112. The monoisotopic (exact) mass is 237 g/mol. The van der Waals surface area contributed by atoms with E-state index in [0.29, 0.717) is 0 Å². The van der Waals surface area contributed by atoms with Crippen LogP contribution in [0.4, 0.5) is 0 Å². The van der Waals surface area contributed by atoms with E-state index in [9.17, 15) is 4.79 Å². The van der Waals surface area contributed by atoms with Crippen LogP contribution in [0.15, 0.2) is 36.4 Å². The maximum absolute atomic E-state index is 11.5. The van der Waals surface area contributed by atoms with Crippen molar-refractivity contribution in [2.24, 2.45) is 5.92 Å². The van der Waals surface area contributed by atoms with Crippen LogP contribution in [0.25, 0.3) is 10.8 Å². The van der Waals surface area contributed by atoms with Crippen LogP contribution in [0.2, 0.25) is 0 Å². The number of hydrogen-bond donors (Lipinski definition) is 1. The summed E-state index contributed by atoms with van der Waals surface area (Å²) in [5.74, 6) is 0.734. The van der Waals surface area contributed by atoms with Crippen molar-refractivity contribution in [1.29, 1.82) is 0 Å². The van der Waals surface area contributed by atoms with Crippen LogP contribution < -0.4 is 5.32 Å². The van der Waals surface area contributed by atoms with Gasteiger partial charge in [-0.2, -0.15) is 0 Å². The van der Waals surface area contributed by atoms with Gasteiger partial charge in [0, 0.05) is 17.5 Å². The van der Waals surface area contributed by atoms with Crippen molar-refractivity contribution in [2.75, 3.05) is 13.1 Å². The molecule has 18 heavy (non-hydrogen) atoms. The molecule has 2 aliphatic rings. The highest BCUT2D eigenvalue weighted by Crippen LogP contribution is 2.57. The first kappa shape index (κ1) is 10.3. The van der Waals surface area contributed by atoms with Gasteiger partial charge >= 0.3 is 0 Å².